The minimum absolute atomic E-state index is 0.362. The number of hydrogen-bond donors (Lipinski definition) is 1. The third-order valence-corrected chi connectivity index (χ3v) is 8.26. The summed E-state index contributed by atoms with van der Waals surface area (Å²) >= 11 is 0. The summed E-state index contributed by atoms with van der Waals surface area (Å²) in [5, 5.41) is 18.3. The molecule has 0 saturated heterocycles. The lowest BCUT2D eigenvalue weighted by Gasteiger charge is -2.15. The maximum Gasteiger partial charge on any atom is 0.352 e. The van der Waals surface area contributed by atoms with E-state index in [0.29, 0.717) is 44.9 Å². The Morgan fingerprint density at radius 2 is 1.74 bits per heavy atom. The Morgan fingerprint density at radius 1 is 1.00 bits per heavy atom. The molecule has 1 aliphatic rings. The number of ether oxygens (including phenoxy) is 2. The van der Waals surface area contributed by atoms with Gasteiger partial charge in [-0.1, -0.05) is 87.7 Å². The van der Waals surface area contributed by atoms with E-state index >= 15 is 0 Å². The van der Waals surface area contributed by atoms with Crippen LogP contribution in [0.3, 0.4) is 0 Å². The maximum absolute atomic E-state index is 12.7. The van der Waals surface area contributed by atoms with E-state index in [1.807, 2.05) is 53.6 Å². The molecule has 226 valence electrons. The molecule has 6 rings (SSSR count). The van der Waals surface area contributed by atoms with Gasteiger partial charge < -0.3 is 19.1 Å². The minimum atomic E-state index is -0.904. The average molecular weight is 582 g/mol. The van der Waals surface area contributed by atoms with E-state index in [0.717, 1.165) is 61.9 Å². The summed E-state index contributed by atoms with van der Waals surface area (Å²) in [6.07, 6.45) is 6.11. The van der Waals surface area contributed by atoms with Crippen molar-refractivity contribution in [1.82, 2.24) is 14.3 Å². The van der Waals surface area contributed by atoms with Gasteiger partial charge in [-0.15, -0.1) is 0 Å². The molecular formula is C36H43N3O4. The second kappa shape index (κ2) is 13.9. The van der Waals surface area contributed by atoms with Crippen molar-refractivity contribution in [3.63, 3.8) is 0 Å². The van der Waals surface area contributed by atoms with Crippen LogP contribution in [0.2, 0.25) is 0 Å². The Kier molecular flexibility index (Phi) is 9.82. The molecule has 0 amide bonds. The van der Waals surface area contributed by atoms with Gasteiger partial charge >= 0.3 is 5.97 Å². The third kappa shape index (κ3) is 6.32. The Morgan fingerprint density at radius 3 is 2.51 bits per heavy atom. The molecule has 1 aliphatic heterocycles. The molecule has 1 N–H and O–H groups in total. The first kappa shape index (κ1) is 30.4. The van der Waals surface area contributed by atoms with Crippen molar-refractivity contribution in [3.8, 4) is 16.9 Å². The molecule has 0 unspecified atom stereocenters. The zero-order chi connectivity index (χ0) is 30.3. The molecule has 0 saturated carbocycles. The summed E-state index contributed by atoms with van der Waals surface area (Å²) < 4.78 is 16.0. The summed E-state index contributed by atoms with van der Waals surface area (Å²) in [5.41, 5.74) is 6.14. The van der Waals surface area contributed by atoms with Crippen LogP contribution in [0.5, 0.6) is 5.75 Å². The molecule has 43 heavy (non-hydrogen) atoms. The highest BCUT2D eigenvalue weighted by atomic mass is 16.5. The summed E-state index contributed by atoms with van der Waals surface area (Å²) in [6, 6.07) is 20.4. The molecule has 3 heterocycles. The number of carbonyl (C=O) groups is 1. The summed E-state index contributed by atoms with van der Waals surface area (Å²) in [4.78, 5) is 12.7. The average Bonchev–Trinajstić information content (AvgIpc) is 3.48. The van der Waals surface area contributed by atoms with Gasteiger partial charge in [0.1, 0.15) is 11.4 Å². The zero-order valence-electron chi connectivity index (χ0n) is 25.9. The number of rotatable bonds is 8. The number of para-hydroxylation sites is 1. The molecule has 0 spiro atoms. The number of aryl methyl sites for hydroxylation is 3. The topological polar surface area (TPSA) is 78.5 Å². The first-order chi connectivity index (χ1) is 21.0. The van der Waals surface area contributed by atoms with Crippen LogP contribution in [-0.2, 0) is 31.4 Å². The molecule has 7 heteroatoms. The van der Waals surface area contributed by atoms with E-state index in [-0.39, 0.29) is 0 Å². The fraction of sp³-hybridized carbons (Fsp3) is 0.389. The summed E-state index contributed by atoms with van der Waals surface area (Å²) in [5.74, 6) is -0.0533. The zero-order valence-corrected chi connectivity index (χ0v) is 25.9. The van der Waals surface area contributed by atoms with Crippen molar-refractivity contribution in [2.45, 2.75) is 72.4 Å². The van der Waals surface area contributed by atoms with Crippen molar-refractivity contribution in [2.75, 3.05) is 13.2 Å². The largest absolute Gasteiger partial charge is 0.493 e. The highest BCUT2D eigenvalue weighted by Crippen LogP contribution is 2.39. The number of carboxylic acids is 1. The fourth-order valence-corrected chi connectivity index (χ4v) is 6.13. The molecule has 0 aliphatic carbocycles. The number of aromatic carboxylic acids is 1. The number of unbranched alkanes of at least 4 members (excludes halogenated alkanes) is 2. The van der Waals surface area contributed by atoms with Gasteiger partial charge in [0, 0.05) is 47.8 Å². The predicted octanol–water partition coefficient (Wildman–Crippen LogP) is 8.33. The molecule has 0 radical (unpaired) electrons. The van der Waals surface area contributed by atoms with Gasteiger partial charge in [-0.2, -0.15) is 5.10 Å². The molecule has 0 atom stereocenters. The van der Waals surface area contributed by atoms with Gasteiger partial charge in [0.25, 0.3) is 0 Å². The first-order valence-corrected chi connectivity index (χ1v) is 15.5. The monoisotopic (exact) mass is 581 g/mol. The van der Waals surface area contributed by atoms with E-state index in [2.05, 4.69) is 44.2 Å². The lowest BCUT2D eigenvalue weighted by atomic mass is 9.98. The molecule has 0 bridgehead atoms. The van der Waals surface area contributed by atoms with Crippen LogP contribution >= 0.6 is 0 Å². The van der Waals surface area contributed by atoms with Crippen LogP contribution in [-0.4, -0.2) is 38.6 Å². The van der Waals surface area contributed by atoms with E-state index in [4.69, 9.17) is 14.6 Å². The van der Waals surface area contributed by atoms with Crippen LogP contribution in [0.1, 0.15) is 73.4 Å². The third-order valence-electron chi connectivity index (χ3n) is 8.26. The molecule has 3 aromatic carbocycles. The van der Waals surface area contributed by atoms with Crippen LogP contribution in [0.4, 0.5) is 0 Å². The second-order valence-corrected chi connectivity index (χ2v) is 11.2. The lowest BCUT2D eigenvalue weighted by molar-refractivity contribution is 0.0681. The van der Waals surface area contributed by atoms with Crippen molar-refractivity contribution < 1.29 is 19.4 Å². The number of nitrogens with zero attached hydrogens (tertiary/aromatic N) is 3. The van der Waals surface area contributed by atoms with Crippen LogP contribution in [0, 0.1) is 6.92 Å². The number of fused-ring (bicyclic) bond motifs is 3. The fourth-order valence-electron chi connectivity index (χ4n) is 6.13. The van der Waals surface area contributed by atoms with Gasteiger partial charge in [0.15, 0.2) is 0 Å². The van der Waals surface area contributed by atoms with Crippen molar-refractivity contribution in [3.05, 3.63) is 83.3 Å². The Bertz CT molecular complexity index is 1710. The Hall–Kier alpha value is -4.10. The maximum atomic E-state index is 12.7. The number of benzene rings is 3. The normalized spacial score (nSPS) is 12.9. The van der Waals surface area contributed by atoms with E-state index in [9.17, 15) is 9.90 Å². The molecule has 7 nitrogen and oxygen atoms in total. The smallest absolute Gasteiger partial charge is 0.352 e. The molecule has 0 fully saturated rings. The van der Waals surface area contributed by atoms with Crippen molar-refractivity contribution in [2.24, 2.45) is 7.05 Å². The quantitative estimate of drug-likeness (QED) is 0.186. The van der Waals surface area contributed by atoms with Gasteiger partial charge in [0.2, 0.25) is 0 Å². The minimum Gasteiger partial charge on any atom is -0.493 e. The van der Waals surface area contributed by atoms with Crippen molar-refractivity contribution >= 4 is 27.6 Å². The molecule has 2 aromatic heterocycles. The van der Waals surface area contributed by atoms with Gasteiger partial charge in [-0.3, -0.25) is 4.68 Å². The van der Waals surface area contributed by atoms with Crippen LogP contribution in [0.15, 0.2) is 60.7 Å². The highest BCUT2D eigenvalue weighted by Gasteiger charge is 2.27. The lowest BCUT2D eigenvalue weighted by Crippen LogP contribution is -2.13. The standard InChI is InChI=1S/C31H31N3O4.C5H12/c1-20-28-25-13-6-12-23-24(14-7-18-38-27-15-5-10-21-9-3-4-11-22(21)27)30(31(35)36)34(29(23)25)16-8-17-37-19-26(28)32-33(20)2;1-3-5-4-2/h3-6,9-13,15H,7-8,14,16-19H2,1-2H3,(H,35,36);3-5H2,1-2H3. The van der Waals surface area contributed by atoms with Crippen LogP contribution in [0.25, 0.3) is 32.8 Å². The van der Waals surface area contributed by atoms with Gasteiger partial charge in [0.05, 0.1) is 24.4 Å². The summed E-state index contributed by atoms with van der Waals surface area (Å²) in [7, 11) is 1.94. The Labute approximate surface area is 254 Å². The van der Waals surface area contributed by atoms with Crippen molar-refractivity contribution in [1.29, 1.82) is 0 Å². The first-order valence-electron chi connectivity index (χ1n) is 15.5. The van der Waals surface area contributed by atoms with E-state index in [1.165, 1.54) is 19.3 Å². The van der Waals surface area contributed by atoms with E-state index < -0.39 is 5.97 Å². The van der Waals surface area contributed by atoms with Crippen LogP contribution < -0.4 is 4.74 Å². The second-order valence-electron chi connectivity index (χ2n) is 11.2. The van der Waals surface area contributed by atoms with E-state index in [1.54, 1.807) is 0 Å². The van der Waals surface area contributed by atoms with Gasteiger partial charge in [-0.05, 0) is 43.2 Å². The Balaban J connectivity index is 0.000000682. The number of aromatic nitrogens is 3. The predicted molar refractivity (Wildman–Crippen MR) is 173 cm³/mol. The highest BCUT2D eigenvalue weighted by molar-refractivity contribution is 6.04. The SMILES string of the molecule is CCCCC.Cc1c2c(nn1C)COCCCn1c(C(=O)O)c(CCCOc3cccc4ccccc34)c3cccc-2c31. The number of hydrogen-bond acceptors (Lipinski definition) is 4. The summed E-state index contributed by atoms with van der Waals surface area (Å²) in [6.45, 7) is 8.54. The number of carboxylic acid groups (broad SMARTS) is 1. The van der Waals surface area contributed by atoms with Gasteiger partial charge in [-0.25, -0.2) is 4.79 Å². The molecule has 5 aromatic rings. The molecular weight excluding hydrogens is 538 g/mol.